The number of benzene rings is 1. The largest absolute Gasteiger partial charge is 0.325 e. The number of halogens is 1. The Kier molecular flexibility index (Phi) is 6.11. The van der Waals surface area contributed by atoms with Crippen LogP contribution in [0.5, 0.6) is 0 Å². The Morgan fingerprint density at radius 2 is 2.19 bits per heavy atom. The minimum Gasteiger partial charge on any atom is -0.325 e. The van der Waals surface area contributed by atoms with E-state index in [4.69, 9.17) is 0 Å². The molecule has 1 aliphatic heterocycles. The van der Waals surface area contributed by atoms with Gasteiger partial charge in [0, 0.05) is 18.0 Å². The Balaban J connectivity index is 0.00000220. The van der Waals surface area contributed by atoms with E-state index in [1.165, 1.54) is 6.07 Å². The van der Waals surface area contributed by atoms with Gasteiger partial charge in [-0.3, -0.25) is 14.9 Å². The molecule has 1 aromatic rings. The van der Waals surface area contributed by atoms with Crippen LogP contribution >= 0.6 is 12.4 Å². The number of amides is 1. The molecule has 1 aromatic carbocycles. The molecule has 0 aromatic heterocycles. The number of carbonyl (C=O) groups is 1. The van der Waals surface area contributed by atoms with Gasteiger partial charge < -0.3 is 10.6 Å². The molecule has 0 spiro atoms. The lowest BCUT2D eigenvalue weighted by molar-refractivity contribution is -0.385. The molecular weight excluding hydrogens is 294 g/mol. The molecule has 2 N–H and O–H groups in total. The molecule has 0 saturated carbocycles. The van der Waals surface area contributed by atoms with E-state index in [0.29, 0.717) is 17.3 Å². The molecule has 6 nitrogen and oxygen atoms in total. The number of nitrogens with zero attached hydrogens (tertiary/aromatic N) is 1. The van der Waals surface area contributed by atoms with Gasteiger partial charge in [0.05, 0.1) is 16.2 Å². The van der Waals surface area contributed by atoms with Crippen molar-refractivity contribution in [3.8, 4) is 0 Å². The van der Waals surface area contributed by atoms with Crippen LogP contribution in [0, 0.1) is 23.0 Å². The predicted molar refractivity (Wildman–Crippen MR) is 83.9 cm³/mol. The molecule has 1 amide bonds. The van der Waals surface area contributed by atoms with Crippen molar-refractivity contribution in [2.45, 2.75) is 32.7 Å². The molecule has 0 aliphatic carbocycles. The second-order valence-corrected chi connectivity index (χ2v) is 5.27. The van der Waals surface area contributed by atoms with Crippen LogP contribution in [0.3, 0.4) is 0 Å². The first-order valence-electron chi connectivity index (χ1n) is 6.77. The summed E-state index contributed by atoms with van der Waals surface area (Å²) in [6.45, 7) is 4.53. The van der Waals surface area contributed by atoms with Crippen molar-refractivity contribution in [1.29, 1.82) is 0 Å². The summed E-state index contributed by atoms with van der Waals surface area (Å²) in [5.74, 6) is -0.0909. The van der Waals surface area contributed by atoms with E-state index in [1.54, 1.807) is 19.1 Å². The van der Waals surface area contributed by atoms with Gasteiger partial charge in [-0.25, -0.2) is 0 Å². The molecule has 0 radical (unpaired) electrons. The zero-order chi connectivity index (χ0) is 14.7. The van der Waals surface area contributed by atoms with Crippen molar-refractivity contribution in [1.82, 2.24) is 5.32 Å². The summed E-state index contributed by atoms with van der Waals surface area (Å²) in [6.07, 6.45) is 1.59. The van der Waals surface area contributed by atoms with E-state index in [1.807, 2.05) is 0 Å². The SMILES string of the molecule is Cc1c(NC(=O)[C@H]2CCN[C@@H](C)C2)cccc1[N+](=O)[O-].Cl. The first-order valence-corrected chi connectivity index (χ1v) is 6.77. The van der Waals surface area contributed by atoms with Crippen LogP contribution in [-0.2, 0) is 4.79 Å². The number of hydrogen-bond donors (Lipinski definition) is 2. The Morgan fingerprint density at radius 3 is 2.81 bits per heavy atom. The molecule has 0 unspecified atom stereocenters. The molecule has 7 heteroatoms. The van der Waals surface area contributed by atoms with E-state index in [9.17, 15) is 14.9 Å². The van der Waals surface area contributed by atoms with Gasteiger partial charge in [-0.05, 0) is 39.3 Å². The Hall–Kier alpha value is -1.66. The first kappa shape index (κ1) is 17.4. The highest BCUT2D eigenvalue weighted by Crippen LogP contribution is 2.26. The first-order chi connectivity index (χ1) is 9.49. The number of rotatable bonds is 3. The summed E-state index contributed by atoms with van der Waals surface area (Å²) in [7, 11) is 0. The normalized spacial score (nSPS) is 21.2. The predicted octanol–water partition coefficient (Wildman–Crippen LogP) is 2.65. The molecule has 1 heterocycles. The minimum absolute atomic E-state index is 0. The van der Waals surface area contributed by atoms with Gasteiger partial charge >= 0.3 is 0 Å². The number of carbonyl (C=O) groups excluding carboxylic acids is 1. The second kappa shape index (κ2) is 7.38. The van der Waals surface area contributed by atoms with E-state index >= 15 is 0 Å². The molecule has 1 saturated heterocycles. The number of nitro benzene ring substituents is 1. The fourth-order valence-corrected chi connectivity index (χ4v) is 2.56. The van der Waals surface area contributed by atoms with Crippen LogP contribution in [0.4, 0.5) is 11.4 Å². The standard InChI is InChI=1S/C14H19N3O3.ClH/c1-9-8-11(6-7-15-9)14(18)16-12-4-3-5-13(10(12)2)17(19)20;/h3-5,9,11,15H,6-8H2,1-2H3,(H,16,18);1H/t9-,11-;/m0./s1. The van der Waals surface area contributed by atoms with Gasteiger partial charge in [0.15, 0.2) is 0 Å². The molecular formula is C14H20ClN3O3. The smallest absolute Gasteiger partial charge is 0.274 e. The summed E-state index contributed by atoms with van der Waals surface area (Å²) < 4.78 is 0. The summed E-state index contributed by atoms with van der Waals surface area (Å²) in [6, 6.07) is 5.06. The van der Waals surface area contributed by atoms with Crippen LogP contribution in [0.15, 0.2) is 18.2 Å². The summed E-state index contributed by atoms with van der Waals surface area (Å²) in [5.41, 5.74) is 1.05. The van der Waals surface area contributed by atoms with E-state index < -0.39 is 4.92 Å². The highest BCUT2D eigenvalue weighted by atomic mass is 35.5. The fourth-order valence-electron chi connectivity index (χ4n) is 2.56. The van der Waals surface area contributed by atoms with E-state index in [-0.39, 0.29) is 29.9 Å². The Labute approximate surface area is 129 Å². The van der Waals surface area contributed by atoms with Gasteiger partial charge in [-0.2, -0.15) is 0 Å². The van der Waals surface area contributed by atoms with Gasteiger partial charge in [0.2, 0.25) is 5.91 Å². The second-order valence-electron chi connectivity index (χ2n) is 5.27. The van der Waals surface area contributed by atoms with Crippen molar-refractivity contribution >= 4 is 29.7 Å². The summed E-state index contributed by atoms with van der Waals surface area (Å²) in [5, 5.41) is 17.0. The number of nitro groups is 1. The maximum Gasteiger partial charge on any atom is 0.274 e. The quantitative estimate of drug-likeness (QED) is 0.663. The zero-order valence-corrected chi connectivity index (χ0v) is 12.9. The Bertz CT molecular complexity index is 536. The van der Waals surface area contributed by atoms with Gasteiger partial charge in [-0.15, -0.1) is 12.4 Å². The highest BCUT2D eigenvalue weighted by Gasteiger charge is 2.25. The third-order valence-corrected chi connectivity index (χ3v) is 3.75. The molecule has 0 bridgehead atoms. The molecule has 2 rings (SSSR count). The van der Waals surface area contributed by atoms with Crippen LogP contribution < -0.4 is 10.6 Å². The third-order valence-electron chi connectivity index (χ3n) is 3.75. The number of nitrogens with one attached hydrogen (secondary N) is 2. The van der Waals surface area contributed by atoms with E-state index in [2.05, 4.69) is 17.6 Å². The molecule has 1 aliphatic rings. The van der Waals surface area contributed by atoms with E-state index in [0.717, 1.165) is 19.4 Å². The van der Waals surface area contributed by atoms with Crippen LogP contribution in [-0.4, -0.2) is 23.4 Å². The van der Waals surface area contributed by atoms with Crippen LogP contribution in [0.2, 0.25) is 0 Å². The van der Waals surface area contributed by atoms with Crippen molar-refractivity contribution in [2.75, 3.05) is 11.9 Å². The lowest BCUT2D eigenvalue weighted by Crippen LogP contribution is -2.40. The maximum absolute atomic E-state index is 12.2. The zero-order valence-electron chi connectivity index (χ0n) is 12.1. The fraction of sp³-hybridized carbons (Fsp3) is 0.500. The van der Waals surface area contributed by atoms with Crippen LogP contribution in [0.25, 0.3) is 0 Å². The molecule has 1 fully saturated rings. The molecule has 116 valence electrons. The number of piperidine rings is 1. The number of anilines is 1. The highest BCUT2D eigenvalue weighted by molar-refractivity contribution is 5.93. The summed E-state index contributed by atoms with van der Waals surface area (Å²) in [4.78, 5) is 22.7. The average Bonchev–Trinajstić information content (AvgIpc) is 2.40. The van der Waals surface area contributed by atoms with Crippen molar-refractivity contribution < 1.29 is 9.72 Å². The topological polar surface area (TPSA) is 84.3 Å². The lowest BCUT2D eigenvalue weighted by Gasteiger charge is -2.27. The van der Waals surface area contributed by atoms with Gasteiger partial charge in [0.25, 0.3) is 5.69 Å². The van der Waals surface area contributed by atoms with Crippen molar-refractivity contribution in [3.05, 3.63) is 33.9 Å². The minimum atomic E-state index is -0.433. The lowest BCUT2D eigenvalue weighted by atomic mass is 9.92. The average molecular weight is 314 g/mol. The van der Waals surface area contributed by atoms with Crippen LogP contribution in [0.1, 0.15) is 25.3 Å². The monoisotopic (exact) mass is 313 g/mol. The van der Waals surface area contributed by atoms with Crippen molar-refractivity contribution in [2.24, 2.45) is 5.92 Å². The van der Waals surface area contributed by atoms with Gasteiger partial charge in [0.1, 0.15) is 0 Å². The Morgan fingerprint density at radius 1 is 1.48 bits per heavy atom. The van der Waals surface area contributed by atoms with Gasteiger partial charge in [-0.1, -0.05) is 6.07 Å². The number of hydrogen-bond acceptors (Lipinski definition) is 4. The van der Waals surface area contributed by atoms with Crippen molar-refractivity contribution in [3.63, 3.8) is 0 Å². The molecule has 2 atom stereocenters. The molecule has 21 heavy (non-hydrogen) atoms. The summed E-state index contributed by atoms with van der Waals surface area (Å²) >= 11 is 0. The third kappa shape index (κ3) is 4.15. The maximum atomic E-state index is 12.2.